The molecular weight excluding hydrogens is 280 g/mol. The van der Waals surface area contributed by atoms with Crippen LogP contribution >= 0.6 is 15.9 Å². The zero-order valence-electron chi connectivity index (χ0n) is 10.6. The average molecular weight is 299 g/mol. The van der Waals surface area contributed by atoms with Crippen molar-refractivity contribution in [3.05, 3.63) is 16.9 Å². The molecule has 0 radical (unpaired) electrons. The van der Waals surface area contributed by atoms with Crippen LogP contribution < -0.4 is 5.32 Å². The fourth-order valence-corrected chi connectivity index (χ4v) is 2.10. The Morgan fingerprint density at radius 3 is 2.88 bits per heavy atom. The average Bonchev–Trinajstić information content (AvgIpc) is 2.73. The summed E-state index contributed by atoms with van der Waals surface area (Å²) in [6.45, 7) is 6.97. The predicted molar refractivity (Wildman–Crippen MR) is 71.6 cm³/mol. The van der Waals surface area contributed by atoms with E-state index in [9.17, 15) is 5.26 Å². The molecule has 0 saturated heterocycles. The van der Waals surface area contributed by atoms with Crippen molar-refractivity contribution < 1.29 is 0 Å². The van der Waals surface area contributed by atoms with E-state index in [1.807, 2.05) is 17.8 Å². The third kappa shape index (κ3) is 4.14. The van der Waals surface area contributed by atoms with Gasteiger partial charge in [-0.25, -0.2) is 0 Å². The molecule has 0 spiro atoms. The minimum absolute atomic E-state index is 0.190. The molecule has 0 bridgehead atoms. The van der Waals surface area contributed by atoms with E-state index in [2.05, 4.69) is 46.3 Å². The second-order valence-corrected chi connectivity index (χ2v) is 5.48. The van der Waals surface area contributed by atoms with E-state index < -0.39 is 5.54 Å². The van der Waals surface area contributed by atoms with E-state index in [0.717, 1.165) is 23.9 Å². The molecule has 0 saturated carbocycles. The molecule has 0 aliphatic heterocycles. The molecule has 0 fully saturated rings. The summed E-state index contributed by atoms with van der Waals surface area (Å²) in [6.07, 6.45) is 5.46. The normalized spacial score (nSPS) is 16.2. The molecule has 2 atom stereocenters. The highest BCUT2D eigenvalue weighted by atomic mass is 79.9. The Bertz CT molecular complexity index is 395. The maximum atomic E-state index is 9.26. The van der Waals surface area contributed by atoms with Gasteiger partial charge in [-0.15, -0.1) is 0 Å². The minimum Gasteiger partial charge on any atom is -0.300 e. The lowest BCUT2D eigenvalue weighted by Gasteiger charge is -2.26. The molecule has 2 unspecified atom stereocenters. The van der Waals surface area contributed by atoms with Gasteiger partial charge in [0.1, 0.15) is 5.54 Å². The molecule has 4 nitrogen and oxygen atoms in total. The number of rotatable bonds is 6. The Morgan fingerprint density at radius 2 is 2.41 bits per heavy atom. The van der Waals surface area contributed by atoms with Crippen molar-refractivity contribution in [1.29, 1.82) is 5.26 Å². The summed E-state index contributed by atoms with van der Waals surface area (Å²) < 4.78 is 2.84. The number of nitrogens with zero attached hydrogens (tertiary/aromatic N) is 3. The fraction of sp³-hybridized carbons (Fsp3) is 0.667. The zero-order chi connectivity index (χ0) is 12.9. The van der Waals surface area contributed by atoms with E-state index in [4.69, 9.17) is 0 Å². The van der Waals surface area contributed by atoms with Crippen LogP contribution in [0.15, 0.2) is 16.9 Å². The van der Waals surface area contributed by atoms with Gasteiger partial charge >= 0.3 is 0 Å². The summed E-state index contributed by atoms with van der Waals surface area (Å²) in [7, 11) is 0. The Labute approximate surface area is 111 Å². The van der Waals surface area contributed by atoms with Crippen molar-refractivity contribution in [3.63, 3.8) is 0 Å². The van der Waals surface area contributed by atoms with Crippen molar-refractivity contribution >= 4 is 15.9 Å². The van der Waals surface area contributed by atoms with Gasteiger partial charge in [0, 0.05) is 12.6 Å². The van der Waals surface area contributed by atoms with Crippen LogP contribution in [0, 0.1) is 11.3 Å². The molecule has 1 rings (SSSR count). The van der Waals surface area contributed by atoms with Gasteiger partial charge in [-0.1, -0.05) is 6.92 Å². The Kier molecular flexibility index (Phi) is 5.16. The summed E-state index contributed by atoms with van der Waals surface area (Å²) in [5.74, 6) is 0. The lowest BCUT2D eigenvalue weighted by molar-refractivity contribution is 0.333. The summed E-state index contributed by atoms with van der Waals surface area (Å²) in [6, 6.07) is 2.55. The zero-order valence-corrected chi connectivity index (χ0v) is 12.2. The SMILES string of the molecule is CCCNC(C)(C#N)CC(C)n1cc(Br)cn1. The largest absolute Gasteiger partial charge is 0.300 e. The summed E-state index contributed by atoms with van der Waals surface area (Å²) >= 11 is 3.38. The van der Waals surface area contributed by atoms with Crippen LogP contribution in [0.2, 0.25) is 0 Å². The minimum atomic E-state index is -0.492. The number of aromatic nitrogens is 2. The maximum Gasteiger partial charge on any atom is 0.105 e. The Hall–Kier alpha value is -0.860. The maximum absolute atomic E-state index is 9.26. The Morgan fingerprint density at radius 1 is 1.71 bits per heavy atom. The molecule has 0 aliphatic carbocycles. The van der Waals surface area contributed by atoms with Crippen LogP contribution in [-0.4, -0.2) is 21.9 Å². The van der Waals surface area contributed by atoms with Crippen molar-refractivity contribution in [1.82, 2.24) is 15.1 Å². The number of halogens is 1. The van der Waals surface area contributed by atoms with Crippen LogP contribution in [-0.2, 0) is 0 Å². The highest BCUT2D eigenvalue weighted by molar-refractivity contribution is 9.10. The van der Waals surface area contributed by atoms with Gasteiger partial charge in [-0.2, -0.15) is 10.4 Å². The summed E-state index contributed by atoms with van der Waals surface area (Å²) in [5.41, 5.74) is -0.492. The number of hydrogen-bond acceptors (Lipinski definition) is 3. The molecule has 0 aliphatic rings. The van der Waals surface area contributed by atoms with Gasteiger partial charge in [0.05, 0.1) is 22.8 Å². The highest BCUT2D eigenvalue weighted by Crippen LogP contribution is 2.21. The quantitative estimate of drug-likeness (QED) is 0.878. The first kappa shape index (κ1) is 14.2. The van der Waals surface area contributed by atoms with Crippen molar-refractivity contribution in [2.45, 2.75) is 45.2 Å². The standard InChI is InChI=1S/C12H19BrN4/c1-4-5-15-12(3,9-14)6-10(2)17-8-11(13)7-16-17/h7-8,10,15H,4-6H2,1-3H3. The van der Waals surface area contributed by atoms with E-state index >= 15 is 0 Å². The van der Waals surface area contributed by atoms with Crippen LogP contribution in [0.3, 0.4) is 0 Å². The van der Waals surface area contributed by atoms with E-state index in [-0.39, 0.29) is 6.04 Å². The first-order valence-corrected chi connectivity index (χ1v) is 6.66. The molecule has 1 N–H and O–H groups in total. The first-order chi connectivity index (χ1) is 8.00. The molecule has 5 heteroatoms. The highest BCUT2D eigenvalue weighted by Gasteiger charge is 2.26. The second kappa shape index (κ2) is 6.18. The molecule has 1 aromatic rings. The van der Waals surface area contributed by atoms with Crippen molar-refractivity contribution in [2.75, 3.05) is 6.54 Å². The fourth-order valence-electron chi connectivity index (χ4n) is 1.80. The van der Waals surface area contributed by atoms with Crippen LogP contribution in [0.1, 0.15) is 39.7 Å². The first-order valence-electron chi connectivity index (χ1n) is 5.86. The van der Waals surface area contributed by atoms with Gasteiger partial charge in [-0.3, -0.25) is 10.00 Å². The lowest BCUT2D eigenvalue weighted by Crippen LogP contribution is -2.43. The van der Waals surface area contributed by atoms with E-state index in [1.165, 1.54) is 0 Å². The molecular formula is C12H19BrN4. The molecule has 1 heterocycles. The van der Waals surface area contributed by atoms with Gasteiger partial charge in [-0.05, 0) is 42.7 Å². The monoisotopic (exact) mass is 298 g/mol. The lowest BCUT2D eigenvalue weighted by atomic mass is 9.95. The van der Waals surface area contributed by atoms with E-state index in [0.29, 0.717) is 0 Å². The van der Waals surface area contributed by atoms with Gasteiger partial charge in [0.25, 0.3) is 0 Å². The summed E-state index contributed by atoms with van der Waals surface area (Å²) in [5, 5.41) is 16.8. The number of nitriles is 1. The van der Waals surface area contributed by atoms with Crippen LogP contribution in [0.4, 0.5) is 0 Å². The molecule has 0 aromatic carbocycles. The summed E-state index contributed by atoms with van der Waals surface area (Å²) in [4.78, 5) is 0. The molecule has 0 amide bonds. The molecule has 94 valence electrons. The van der Waals surface area contributed by atoms with Crippen LogP contribution in [0.5, 0.6) is 0 Å². The third-order valence-electron chi connectivity index (χ3n) is 2.74. The van der Waals surface area contributed by atoms with Crippen LogP contribution in [0.25, 0.3) is 0 Å². The predicted octanol–water partition coefficient (Wildman–Crippen LogP) is 2.88. The Balaban J connectivity index is 2.65. The van der Waals surface area contributed by atoms with Crippen molar-refractivity contribution in [2.24, 2.45) is 0 Å². The van der Waals surface area contributed by atoms with E-state index in [1.54, 1.807) is 6.20 Å². The molecule has 1 aromatic heterocycles. The van der Waals surface area contributed by atoms with Gasteiger partial charge in [0.15, 0.2) is 0 Å². The van der Waals surface area contributed by atoms with Crippen molar-refractivity contribution in [3.8, 4) is 6.07 Å². The smallest absolute Gasteiger partial charge is 0.105 e. The molecule has 17 heavy (non-hydrogen) atoms. The topological polar surface area (TPSA) is 53.6 Å². The number of hydrogen-bond donors (Lipinski definition) is 1. The third-order valence-corrected chi connectivity index (χ3v) is 3.15. The second-order valence-electron chi connectivity index (χ2n) is 4.56. The van der Waals surface area contributed by atoms with Gasteiger partial charge < -0.3 is 0 Å². The van der Waals surface area contributed by atoms with Gasteiger partial charge in [0.2, 0.25) is 0 Å². The number of nitrogens with one attached hydrogen (secondary N) is 1.